The molecule has 7 heteroatoms. The summed E-state index contributed by atoms with van der Waals surface area (Å²) in [6.45, 7) is 4.28. The lowest BCUT2D eigenvalue weighted by atomic mass is 9.92. The monoisotopic (exact) mass is 419 g/mol. The van der Waals surface area contributed by atoms with Gasteiger partial charge >= 0.3 is 0 Å². The quantitative estimate of drug-likeness (QED) is 0.467. The van der Waals surface area contributed by atoms with E-state index in [0.29, 0.717) is 0 Å². The zero-order valence-corrected chi connectivity index (χ0v) is 18.0. The molecule has 3 heterocycles. The van der Waals surface area contributed by atoms with E-state index in [2.05, 4.69) is 57.5 Å². The first-order valence-corrected chi connectivity index (χ1v) is 10.5. The zero-order valence-electron chi connectivity index (χ0n) is 17.2. The summed E-state index contributed by atoms with van der Waals surface area (Å²) in [6.07, 6.45) is 4.88. The summed E-state index contributed by atoms with van der Waals surface area (Å²) >= 11 is 6.09. The number of aryl methyl sites for hydroxylation is 2. The number of benzene rings is 2. The van der Waals surface area contributed by atoms with Crippen LogP contribution in [0.4, 0.5) is 5.69 Å². The van der Waals surface area contributed by atoms with Crippen molar-refractivity contribution in [3.8, 4) is 22.4 Å². The van der Waals surface area contributed by atoms with Crippen molar-refractivity contribution >= 4 is 17.3 Å². The largest absolute Gasteiger partial charge is 0.378 e. The molecule has 0 spiro atoms. The zero-order chi connectivity index (χ0) is 20.8. The van der Waals surface area contributed by atoms with Crippen LogP contribution < -0.4 is 10.00 Å². The highest BCUT2D eigenvalue weighted by atomic mass is 35.5. The van der Waals surface area contributed by atoms with E-state index in [1.54, 1.807) is 0 Å². The van der Waals surface area contributed by atoms with Crippen molar-refractivity contribution in [3.05, 3.63) is 71.1 Å². The van der Waals surface area contributed by atoms with Gasteiger partial charge in [-0.05, 0) is 54.4 Å². The molecule has 1 aliphatic rings. The molecule has 0 amide bonds. The van der Waals surface area contributed by atoms with Gasteiger partial charge in [-0.15, -0.1) is 0 Å². The first-order chi connectivity index (χ1) is 14.5. The Kier molecular flexibility index (Phi) is 4.59. The fourth-order valence-corrected chi connectivity index (χ4v) is 4.45. The fraction of sp³-hybridized carbons (Fsp3) is 0.261. The predicted octanol–water partition coefficient (Wildman–Crippen LogP) is 4.84. The van der Waals surface area contributed by atoms with Crippen LogP contribution in [0.15, 0.2) is 54.9 Å². The second-order valence-corrected chi connectivity index (χ2v) is 8.45. The van der Waals surface area contributed by atoms with Gasteiger partial charge in [-0.2, -0.15) is 9.78 Å². The Morgan fingerprint density at radius 1 is 1.17 bits per heavy atom. The summed E-state index contributed by atoms with van der Waals surface area (Å²) in [4.78, 5) is 0. The Morgan fingerprint density at radius 2 is 1.97 bits per heavy atom. The van der Waals surface area contributed by atoms with Gasteiger partial charge in [0.05, 0.1) is 12.2 Å². The van der Waals surface area contributed by atoms with Crippen molar-refractivity contribution in [2.45, 2.75) is 32.4 Å². The van der Waals surface area contributed by atoms with Gasteiger partial charge in [0.25, 0.3) is 0 Å². The van der Waals surface area contributed by atoms with Gasteiger partial charge in [0.2, 0.25) is 11.4 Å². The van der Waals surface area contributed by atoms with E-state index in [9.17, 15) is 0 Å². The lowest BCUT2D eigenvalue weighted by Crippen LogP contribution is -2.41. The maximum Gasteiger partial charge on any atom is 0.223 e. The lowest BCUT2D eigenvalue weighted by molar-refractivity contribution is -0.764. The third-order valence-corrected chi connectivity index (χ3v) is 6.08. The highest BCUT2D eigenvalue weighted by Crippen LogP contribution is 2.39. The molecule has 2 N–H and O–H groups in total. The van der Waals surface area contributed by atoms with Crippen LogP contribution in [0.5, 0.6) is 0 Å². The summed E-state index contributed by atoms with van der Waals surface area (Å²) in [5.41, 5.74) is 7.94. The highest BCUT2D eigenvalue weighted by Gasteiger charge is 2.34. The van der Waals surface area contributed by atoms with E-state index >= 15 is 0 Å². The molecule has 0 fully saturated rings. The Hall–Kier alpha value is -3.12. The maximum atomic E-state index is 6.09. The van der Waals surface area contributed by atoms with E-state index in [1.165, 1.54) is 11.1 Å². The second-order valence-electron chi connectivity index (χ2n) is 8.01. The van der Waals surface area contributed by atoms with Crippen molar-refractivity contribution in [1.82, 2.24) is 20.1 Å². The number of nitrogens with one attached hydrogen (secondary N) is 2. The highest BCUT2D eigenvalue weighted by molar-refractivity contribution is 6.30. The van der Waals surface area contributed by atoms with Gasteiger partial charge in [0.15, 0.2) is 0 Å². The minimum Gasteiger partial charge on any atom is -0.378 e. The Bertz CT molecular complexity index is 1210. The molecule has 0 aliphatic carbocycles. The molecule has 30 heavy (non-hydrogen) atoms. The van der Waals surface area contributed by atoms with Gasteiger partial charge in [0.1, 0.15) is 6.04 Å². The molecule has 152 valence electrons. The van der Waals surface area contributed by atoms with Crippen LogP contribution >= 0.6 is 11.6 Å². The van der Waals surface area contributed by atoms with Crippen LogP contribution in [-0.4, -0.2) is 20.1 Å². The molecule has 0 saturated heterocycles. The predicted molar refractivity (Wildman–Crippen MR) is 118 cm³/mol. The second kappa shape index (κ2) is 7.29. The topological polar surface area (TPSA) is 62.4 Å². The van der Waals surface area contributed by atoms with Crippen LogP contribution in [0.25, 0.3) is 22.4 Å². The molecule has 5 rings (SSSR count). The van der Waals surface area contributed by atoms with Crippen LogP contribution in [0.1, 0.15) is 36.7 Å². The standard InChI is InChI=1S/C23H23ClN6/c1-14-10-22(26-19-7-5-18(24)6-8-19)21-11-16(17-12-25-29(3)13-17)4-9-20(21)23-15(2)27-28-30(14)23/h4-9,11-14,22,26H,10H2,1-3H3/p+1. The van der Waals surface area contributed by atoms with E-state index in [4.69, 9.17) is 11.6 Å². The van der Waals surface area contributed by atoms with Crippen LogP contribution in [0.2, 0.25) is 5.02 Å². The first kappa shape index (κ1) is 18.9. The summed E-state index contributed by atoms with van der Waals surface area (Å²) in [7, 11) is 1.94. The molecule has 0 bridgehead atoms. The summed E-state index contributed by atoms with van der Waals surface area (Å²) < 4.78 is 4.02. The number of fused-ring (bicyclic) bond motifs is 3. The molecule has 6 nitrogen and oxygen atoms in total. The molecule has 0 saturated carbocycles. The van der Waals surface area contributed by atoms with Gasteiger partial charge in [-0.3, -0.25) is 4.68 Å². The SMILES string of the molecule is Cc1n[nH][n+]2c1-c1ccc(-c3cnn(C)c3)cc1C(Nc1ccc(Cl)cc1)CC2C. The number of anilines is 1. The number of aromatic amines is 1. The minimum atomic E-state index is 0.139. The van der Waals surface area contributed by atoms with Crippen LogP contribution in [0.3, 0.4) is 0 Å². The summed E-state index contributed by atoms with van der Waals surface area (Å²) in [5.74, 6) is 0. The van der Waals surface area contributed by atoms with E-state index in [-0.39, 0.29) is 12.1 Å². The van der Waals surface area contributed by atoms with Crippen molar-refractivity contribution in [2.24, 2.45) is 7.05 Å². The number of rotatable bonds is 3. The molecular formula is C23H24ClN6+. The Balaban J connectivity index is 1.65. The number of nitrogens with zero attached hydrogens (tertiary/aromatic N) is 4. The van der Waals surface area contributed by atoms with E-state index in [1.807, 2.05) is 48.4 Å². The first-order valence-electron chi connectivity index (χ1n) is 10.1. The number of H-pyrrole nitrogens is 1. The van der Waals surface area contributed by atoms with Crippen molar-refractivity contribution in [2.75, 3.05) is 5.32 Å². The lowest BCUT2D eigenvalue weighted by Gasteiger charge is -2.22. The minimum absolute atomic E-state index is 0.139. The molecule has 2 unspecified atom stereocenters. The normalized spacial score (nSPS) is 17.9. The van der Waals surface area contributed by atoms with Crippen molar-refractivity contribution in [1.29, 1.82) is 0 Å². The Morgan fingerprint density at radius 3 is 2.70 bits per heavy atom. The number of aromatic nitrogens is 5. The molecule has 4 aromatic rings. The van der Waals surface area contributed by atoms with Crippen LogP contribution in [-0.2, 0) is 7.05 Å². The number of halogens is 1. The van der Waals surface area contributed by atoms with E-state index in [0.717, 1.165) is 39.6 Å². The van der Waals surface area contributed by atoms with Gasteiger partial charge < -0.3 is 5.32 Å². The van der Waals surface area contributed by atoms with Gasteiger partial charge in [0, 0.05) is 53.5 Å². The van der Waals surface area contributed by atoms with Gasteiger partial charge in [-0.25, -0.2) is 0 Å². The Labute approximate surface area is 180 Å². The number of hydrogen-bond donors (Lipinski definition) is 2. The molecule has 2 atom stereocenters. The van der Waals surface area contributed by atoms with Crippen molar-refractivity contribution in [3.63, 3.8) is 0 Å². The molecule has 1 aliphatic heterocycles. The number of hydrogen-bond acceptors (Lipinski definition) is 3. The molecular weight excluding hydrogens is 396 g/mol. The third-order valence-electron chi connectivity index (χ3n) is 5.83. The van der Waals surface area contributed by atoms with E-state index < -0.39 is 0 Å². The van der Waals surface area contributed by atoms with Crippen LogP contribution in [0, 0.1) is 6.92 Å². The fourth-order valence-electron chi connectivity index (χ4n) is 4.32. The van der Waals surface area contributed by atoms with Gasteiger partial charge in [-0.1, -0.05) is 22.9 Å². The summed E-state index contributed by atoms with van der Waals surface area (Å²) in [5, 5.41) is 16.5. The smallest absolute Gasteiger partial charge is 0.223 e. The molecule has 2 aromatic heterocycles. The average molecular weight is 420 g/mol. The molecule has 0 radical (unpaired) electrons. The summed E-state index contributed by atoms with van der Waals surface area (Å²) in [6, 6.07) is 15.0. The average Bonchev–Trinajstić information content (AvgIpc) is 3.31. The molecule has 2 aromatic carbocycles. The third kappa shape index (κ3) is 3.27. The van der Waals surface area contributed by atoms with Crippen molar-refractivity contribution < 1.29 is 4.68 Å². The maximum absolute atomic E-state index is 6.09.